The van der Waals surface area contributed by atoms with Gasteiger partial charge in [-0.3, -0.25) is 4.40 Å². The number of rotatable bonds is 2. The molecule has 8 rings (SSSR count). The van der Waals surface area contributed by atoms with Crippen molar-refractivity contribution in [1.29, 1.82) is 0 Å². The molecule has 0 aliphatic carbocycles. The highest BCUT2D eigenvalue weighted by molar-refractivity contribution is 7.25. The van der Waals surface area contributed by atoms with Gasteiger partial charge in [0.1, 0.15) is 11.2 Å². The molecular formula is C32H19N3S. The average molecular weight is 478 g/mol. The van der Waals surface area contributed by atoms with Crippen LogP contribution in [0.2, 0.25) is 0 Å². The van der Waals surface area contributed by atoms with Gasteiger partial charge >= 0.3 is 0 Å². The summed E-state index contributed by atoms with van der Waals surface area (Å²) in [7, 11) is 0. The lowest BCUT2D eigenvalue weighted by Gasteiger charge is -2.10. The number of pyridine rings is 2. The maximum absolute atomic E-state index is 5.18. The third-order valence-corrected chi connectivity index (χ3v) is 8.16. The van der Waals surface area contributed by atoms with Crippen molar-refractivity contribution in [2.75, 3.05) is 0 Å². The number of aromatic nitrogens is 3. The Morgan fingerprint density at radius 1 is 0.528 bits per heavy atom. The molecule has 0 amide bonds. The van der Waals surface area contributed by atoms with E-state index in [1.807, 2.05) is 35.7 Å². The summed E-state index contributed by atoms with van der Waals surface area (Å²) in [5.41, 5.74) is 7.22. The molecule has 4 heteroatoms. The van der Waals surface area contributed by atoms with E-state index < -0.39 is 0 Å². The van der Waals surface area contributed by atoms with Crippen molar-refractivity contribution < 1.29 is 0 Å². The number of hydrogen-bond donors (Lipinski definition) is 0. The first-order chi connectivity index (χ1) is 17.8. The first-order valence-electron chi connectivity index (χ1n) is 12.0. The van der Waals surface area contributed by atoms with Gasteiger partial charge in [-0.05, 0) is 47.5 Å². The van der Waals surface area contributed by atoms with Gasteiger partial charge < -0.3 is 0 Å². The Labute approximate surface area is 210 Å². The van der Waals surface area contributed by atoms with Gasteiger partial charge in [-0.15, -0.1) is 11.3 Å². The SMILES string of the molecule is c1cc(-c2ccc3sc4ccccc4c3c2)cc(-c2nc3c(nc4ccccn43)c3ccccc23)c1. The third kappa shape index (κ3) is 2.85. The number of nitrogens with zero attached hydrogens (tertiary/aromatic N) is 3. The molecule has 3 nitrogen and oxygen atoms in total. The second-order valence-electron chi connectivity index (χ2n) is 9.11. The normalized spacial score (nSPS) is 11.9. The minimum absolute atomic E-state index is 0.885. The van der Waals surface area contributed by atoms with E-state index in [1.54, 1.807) is 0 Å². The Kier molecular flexibility index (Phi) is 4.10. The van der Waals surface area contributed by atoms with Crippen LogP contribution in [-0.4, -0.2) is 14.4 Å². The lowest BCUT2D eigenvalue weighted by atomic mass is 9.97. The molecule has 0 aliphatic rings. The smallest absolute Gasteiger partial charge is 0.165 e. The molecule has 0 unspecified atom stereocenters. The Morgan fingerprint density at radius 2 is 1.28 bits per heavy atom. The molecule has 0 N–H and O–H groups in total. The van der Waals surface area contributed by atoms with Crippen LogP contribution in [0, 0.1) is 0 Å². The van der Waals surface area contributed by atoms with Gasteiger partial charge in [0.05, 0.1) is 5.69 Å². The van der Waals surface area contributed by atoms with Crippen LogP contribution < -0.4 is 0 Å². The maximum Gasteiger partial charge on any atom is 0.165 e. The van der Waals surface area contributed by atoms with Crippen LogP contribution >= 0.6 is 11.3 Å². The minimum atomic E-state index is 0.885. The summed E-state index contributed by atoms with van der Waals surface area (Å²) in [6.07, 6.45) is 2.03. The van der Waals surface area contributed by atoms with Crippen LogP contribution in [0.3, 0.4) is 0 Å². The van der Waals surface area contributed by atoms with Crippen LogP contribution in [-0.2, 0) is 0 Å². The molecule has 0 aliphatic heterocycles. The van der Waals surface area contributed by atoms with E-state index in [1.165, 1.54) is 31.3 Å². The third-order valence-electron chi connectivity index (χ3n) is 7.01. The lowest BCUT2D eigenvalue weighted by molar-refractivity contribution is 1.19. The Balaban J connectivity index is 1.36. The van der Waals surface area contributed by atoms with Gasteiger partial charge in [0.15, 0.2) is 5.65 Å². The molecular weight excluding hydrogens is 458 g/mol. The summed E-state index contributed by atoms with van der Waals surface area (Å²) in [6.45, 7) is 0. The molecule has 0 saturated heterocycles. The summed E-state index contributed by atoms with van der Waals surface area (Å²) in [5, 5.41) is 4.87. The Morgan fingerprint density at radius 3 is 2.22 bits per heavy atom. The zero-order valence-corrected chi connectivity index (χ0v) is 20.0. The predicted octanol–water partition coefficient (Wildman–Crippen LogP) is 8.74. The van der Waals surface area contributed by atoms with Crippen LogP contribution in [0.15, 0.2) is 115 Å². The molecule has 4 aromatic carbocycles. The molecule has 0 saturated carbocycles. The number of imidazole rings is 1. The fourth-order valence-electron chi connectivity index (χ4n) is 5.30. The highest BCUT2D eigenvalue weighted by Gasteiger charge is 2.15. The number of benzene rings is 4. The second-order valence-corrected chi connectivity index (χ2v) is 10.2. The van der Waals surface area contributed by atoms with Crippen molar-refractivity contribution in [1.82, 2.24) is 14.4 Å². The zero-order chi connectivity index (χ0) is 23.6. The van der Waals surface area contributed by atoms with Crippen LogP contribution in [0.5, 0.6) is 0 Å². The van der Waals surface area contributed by atoms with Gasteiger partial charge in [-0.25, -0.2) is 9.97 Å². The van der Waals surface area contributed by atoms with E-state index in [2.05, 4.69) is 95.4 Å². The highest BCUT2D eigenvalue weighted by Crippen LogP contribution is 2.38. The van der Waals surface area contributed by atoms with Crippen molar-refractivity contribution in [3.8, 4) is 22.4 Å². The van der Waals surface area contributed by atoms with Gasteiger partial charge in [-0.1, -0.05) is 72.8 Å². The van der Waals surface area contributed by atoms with E-state index in [4.69, 9.17) is 9.97 Å². The molecule has 168 valence electrons. The van der Waals surface area contributed by atoms with Gasteiger partial charge in [-0.2, -0.15) is 0 Å². The number of fused-ring (bicyclic) bond motifs is 8. The zero-order valence-electron chi connectivity index (χ0n) is 19.2. The van der Waals surface area contributed by atoms with Crippen molar-refractivity contribution >= 4 is 59.1 Å². The average Bonchev–Trinajstić information content (AvgIpc) is 3.51. The van der Waals surface area contributed by atoms with E-state index in [-0.39, 0.29) is 0 Å². The van der Waals surface area contributed by atoms with Gasteiger partial charge in [0, 0.05) is 42.7 Å². The molecule has 0 bridgehead atoms. The molecule has 0 fully saturated rings. The fraction of sp³-hybridized carbons (Fsp3) is 0. The van der Waals surface area contributed by atoms with E-state index >= 15 is 0 Å². The molecule has 36 heavy (non-hydrogen) atoms. The van der Waals surface area contributed by atoms with E-state index in [0.717, 1.165) is 38.8 Å². The molecule has 8 aromatic rings. The largest absolute Gasteiger partial charge is 0.284 e. The quantitative estimate of drug-likeness (QED) is 0.249. The van der Waals surface area contributed by atoms with Crippen molar-refractivity contribution in [2.45, 2.75) is 0 Å². The molecule has 0 spiro atoms. The second kappa shape index (κ2) is 7.48. The fourth-order valence-corrected chi connectivity index (χ4v) is 6.39. The summed E-state index contributed by atoms with van der Waals surface area (Å²) >= 11 is 1.85. The summed E-state index contributed by atoms with van der Waals surface area (Å²) in [5.74, 6) is 0. The minimum Gasteiger partial charge on any atom is -0.284 e. The molecule has 0 radical (unpaired) electrons. The summed E-state index contributed by atoms with van der Waals surface area (Å²) < 4.78 is 4.72. The molecule has 0 atom stereocenters. The van der Waals surface area contributed by atoms with Crippen LogP contribution in [0.1, 0.15) is 0 Å². The van der Waals surface area contributed by atoms with Crippen LogP contribution in [0.4, 0.5) is 0 Å². The first kappa shape index (κ1) is 19.7. The predicted molar refractivity (Wildman–Crippen MR) is 152 cm³/mol. The highest BCUT2D eigenvalue weighted by atomic mass is 32.1. The molecule has 4 heterocycles. The summed E-state index contributed by atoms with van der Waals surface area (Å²) in [4.78, 5) is 10.1. The van der Waals surface area contributed by atoms with Crippen molar-refractivity contribution in [3.63, 3.8) is 0 Å². The van der Waals surface area contributed by atoms with Crippen molar-refractivity contribution in [2.24, 2.45) is 0 Å². The van der Waals surface area contributed by atoms with Gasteiger partial charge in [0.25, 0.3) is 0 Å². The molecule has 4 aromatic heterocycles. The topological polar surface area (TPSA) is 30.2 Å². The van der Waals surface area contributed by atoms with Gasteiger partial charge in [0.2, 0.25) is 0 Å². The van der Waals surface area contributed by atoms with Crippen LogP contribution in [0.25, 0.3) is 70.1 Å². The number of hydrogen-bond acceptors (Lipinski definition) is 3. The first-order valence-corrected chi connectivity index (χ1v) is 12.8. The maximum atomic E-state index is 5.18. The lowest BCUT2D eigenvalue weighted by Crippen LogP contribution is -1.92. The van der Waals surface area contributed by atoms with E-state index in [0.29, 0.717) is 0 Å². The summed E-state index contributed by atoms with van der Waals surface area (Å²) in [6, 6.07) is 38.7. The number of thiophene rings is 1. The van der Waals surface area contributed by atoms with E-state index in [9.17, 15) is 0 Å². The van der Waals surface area contributed by atoms with Crippen molar-refractivity contribution in [3.05, 3.63) is 115 Å². The Hall–Kier alpha value is -4.54. The Bertz CT molecular complexity index is 2120. The monoisotopic (exact) mass is 477 g/mol. The standard InChI is InChI=1S/C32H19N3S/c1-2-12-25-24(11-1)30(34-32-31(25)33-29-14-5-6-17-35(29)32)22-9-7-8-20(18-22)21-15-16-28-26(19-21)23-10-3-4-13-27(23)36-28/h1-19H.